The summed E-state index contributed by atoms with van der Waals surface area (Å²) in [6.07, 6.45) is 11.1. The molecule has 0 aliphatic heterocycles. The Kier molecular flexibility index (Phi) is 7.45. The van der Waals surface area contributed by atoms with Crippen molar-refractivity contribution in [1.29, 1.82) is 0 Å². The van der Waals surface area contributed by atoms with Gasteiger partial charge in [-0.3, -0.25) is 0 Å². The highest BCUT2D eigenvalue weighted by molar-refractivity contribution is 7.99. The average molecular weight is 458 g/mol. The van der Waals surface area contributed by atoms with Gasteiger partial charge in [0.1, 0.15) is 0 Å². The number of aryl methyl sites for hydroxylation is 2. The standard InChI is InChI=1S/C26H35NO2S2/c1-21-7-13-25(14-8-21)31(28,29)27-20-26(16-4-17-26)19-23-11-9-22(10-12-23)15-18-30-24-5-2-3-6-24/h7-14,24,27H,2-6,15-20H2,1H3. The van der Waals surface area contributed by atoms with Gasteiger partial charge < -0.3 is 0 Å². The third-order valence-electron chi connectivity index (χ3n) is 7.03. The van der Waals surface area contributed by atoms with Crippen molar-refractivity contribution in [3.05, 3.63) is 65.2 Å². The van der Waals surface area contributed by atoms with Gasteiger partial charge in [0.25, 0.3) is 0 Å². The van der Waals surface area contributed by atoms with Crippen molar-refractivity contribution in [3.8, 4) is 0 Å². The van der Waals surface area contributed by atoms with Gasteiger partial charge in [-0.2, -0.15) is 11.8 Å². The minimum atomic E-state index is -3.46. The summed E-state index contributed by atoms with van der Waals surface area (Å²) in [5, 5.41) is 0.890. The lowest BCUT2D eigenvalue weighted by Gasteiger charge is -2.42. The average Bonchev–Trinajstić information content (AvgIpc) is 3.25. The molecule has 0 spiro atoms. The van der Waals surface area contributed by atoms with Crippen LogP contribution in [0.1, 0.15) is 61.6 Å². The fraction of sp³-hybridized carbons (Fsp3) is 0.538. The fourth-order valence-electron chi connectivity index (χ4n) is 4.80. The molecule has 0 amide bonds. The van der Waals surface area contributed by atoms with Crippen molar-refractivity contribution in [2.75, 3.05) is 12.3 Å². The zero-order valence-corrected chi connectivity index (χ0v) is 20.2. The van der Waals surface area contributed by atoms with E-state index in [0.29, 0.717) is 11.4 Å². The van der Waals surface area contributed by atoms with Crippen LogP contribution in [0.3, 0.4) is 0 Å². The SMILES string of the molecule is Cc1ccc(S(=O)(=O)NCC2(Cc3ccc(CCSC4CCCC4)cc3)CCC2)cc1. The lowest BCUT2D eigenvalue weighted by Crippen LogP contribution is -2.43. The molecule has 168 valence electrons. The third-order valence-corrected chi connectivity index (χ3v) is 9.83. The molecule has 5 heteroatoms. The molecule has 1 N–H and O–H groups in total. The lowest BCUT2D eigenvalue weighted by molar-refractivity contribution is 0.139. The summed E-state index contributed by atoms with van der Waals surface area (Å²) < 4.78 is 28.3. The summed E-state index contributed by atoms with van der Waals surface area (Å²) in [6.45, 7) is 2.48. The fourth-order valence-corrected chi connectivity index (χ4v) is 7.31. The molecule has 2 saturated carbocycles. The molecule has 0 heterocycles. The van der Waals surface area contributed by atoms with Crippen molar-refractivity contribution >= 4 is 21.8 Å². The predicted octanol–water partition coefficient (Wildman–Crippen LogP) is 5.90. The van der Waals surface area contributed by atoms with Gasteiger partial charge in [0.15, 0.2) is 0 Å². The van der Waals surface area contributed by atoms with Crippen LogP contribution in [-0.2, 0) is 22.9 Å². The van der Waals surface area contributed by atoms with E-state index in [0.717, 1.165) is 36.5 Å². The van der Waals surface area contributed by atoms with Gasteiger partial charge in [-0.1, -0.05) is 61.2 Å². The van der Waals surface area contributed by atoms with E-state index in [9.17, 15) is 8.42 Å². The summed E-state index contributed by atoms with van der Waals surface area (Å²) in [5.41, 5.74) is 3.85. The van der Waals surface area contributed by atoms with Gasteiger partial charge in [-0.25, -0.2) is 13.1 Å². The van der Waals surface area contributed by atoms with Crippen LogP contribution in [0.4, 0.5) is 0 Å². The minimum absolute atomic E-state index is 0.0532. The molecular weight excluding hydrogens is 422 g/mol. The van der Waals surface area contributed by atoms with Crippen LogP contribution < -0.4 is 4.72 Å². The van der Waals surface area contributed by atoms with E-state index in [1.54, 1.807) is 12.1 Å². The Balaban J connectivity index is 1.30. The van der Waals surface area contributed by atoms with E-state index in [4.69, 9.17) is 0 Å². The second-order valence-electron chi connectivity index (χ2n) is 9.51. The van der Waals surface area contributed by atoms with Crippen LogP contribution in [0.2, 0.25) is 0 Å². The zero-order chi connectivity index (χ0) is 21.7. The topological polar surface area (TPSA) is 46.2 Å². The second kappa shape index (κ2) is 10.1. The van der Waals surface area contributed by atoms with Gasteiger partial charge in [0, 0.05) is 11.8 Å². The summed E-state index contributed by atoms with van der Waals surface area (Å²) in [7, 11) is -3.46. The second-order valence-corrected chi connectivity index (χ2v) is 12.7. The minimum Gasteiger partial charge on any atom is -0.211 e. The van der Waals surface area contributed by atoms with E-state index >= 15 is 0 Å². The van der Waals surface area contributed by atoms with E-state index in [1.807, 2.05) is 19.1 Å². The van der Waals surface area contributed by atoms with Gasteiger partial charge in [-0.15, -0.1) is 0 Å². The van der Waals surface area contributed by atoms with Crippen molar-refractivity contribution in [2.45, 2.75) is 74.9 Å². The Hall–Kier alpha value is -1.30. The molecule has 2 aliphatic rings. The Labute approximate surface area is 192 Å². The zero-order valence-electron chi connectivity index (χ0n) is 18.6. The van der Waals surface area contributed by atoms with Crippen LogP contribution in [-0.4, -0.2) is 26.0 Å². The van der Waals surface area contributed by atoms with Crippen LogP contribution in [0.25, 0.3) is 0 Å². The van der Waals surface area contributed by atoms with E-state index in [2.05, 4.69) is 40.7 Å². The largest absolute Gasteiger partial charge is 0.240 e. The molecule has 2 aliphatic carbocycles. The molecule has 0 saturated heterocycles. The first-order valence-corrected chi connectivity index (χ1v) is 14.2. The van der Waals surface area contributed by atoms with Crippen LogP contribution >= 0.6 is 11.8 Å². The van der Waals surface area contributed by atoms with Crippen LogP contribution in [0, 0.1) is 12.3 Å². The molecule has 3 nitrogen and oxygen atoms in total. The monoisotopic (exact) mass is 457 g/mol. The molecule has 0 unspecified atom stereocenters. The van der Waals surface area contributed by atoms with Crippen molar-refractivity contribution < 1.29 is 8.42 Å². The number of benzene rings is 2. The Morgan fingerprint density at radius 2 is 1.58 bits per heavy atom. The van der Waals surface area contributed by atoms with Gasteiger partial charge in [0.2, 0.25) is 10.0 Å². The van der Waals surface area contributed by atoms with Crippen LogP contribution in [0.5, 0.6) is 0 Å². The van der Waals surface area contributed by atoms with E-state index in [1.165, 1.54) is 49.0 Å². The first kappa shape index (κ1) is 22.9. The van der Waals surface area contributed by atoms with E-state index < -0.39 is 10.0 Å². The lowest BCUT2D eigenvalue weighted by atomic mass is 9.65. The maximum Gasteiger partial charge on any atom is 0.240 e. The maximum absolute atomic E-state index is 12.7. The number of hydrogen-bond donors (Lipinski definition) is 1. The number of hydrogen-bond acceptors (Lipinski definition) is 3. The molecule has 0 aromatic heterocycles. The summed E-state index contributed by atoms with van der Waals surface area (Å²) in [6, 6.07) is 16.1. The summed E-state index contributed by atoms with van der Waals surface area (Å²) >= 11 is 2.15. The van der Waals surface area contributed by atoms with Gasteiger partial charge >= 0.3 is 0 Å². The Morgan fingerprint density at radius 1 is 0.935 bits per heavy atom. The molecule has 2 fully saturated rings. The molecule has 0 bridgehead atoms. The molecule has 31 heavy (non-hydrogen) atoms. The first-order valence-electron chi connectivity index (χ1n) is 11.7. The quantitative estimate of drug-likeness (QED) is 0.483. The van der Waals surface area contributed by atoms with E-state index in [-0.39, 0.29) is 5.41 Å². The van der Waals surface area contributed by atoms with Crippen molar-refractivity contribution in [1.82, 2.24) is 4.72 Å². The van der Waals surface area contributed by atoms with Crippen molar-refractivity contribution in [2.24, 2.45) is 5.41 Å². The third kappa shape index (κ3) is 6.15. The van der Waals surface area contributed by atoms with Crippen molar-refractivity contribution in [3.63, 3.8) is 0 Å². The highest BCUT2D eigenvalue weighted by Gasteiger charge is 2.38. The molecular formula is C26H35NO2S2. The van der Waals surface area contributed by atoms with Gasteiger partial charge in [0.05, 0.1) is 4.90 Å². The first-order chi connectivity index (χ1) is 14.9. The number of rotatable bonds is 10. The Bertz CT molecular complexity index is 942. The molecule has 0 radical (unpaired) electrons. The highest BCUT2D eigenvalue weighted by Crippen LogP contribution is 2.43. The van der Waals surface area contributed by atoms with Gasteiger partial charge in [-0.05, 0) is 79.9 Å². The number of sulfonamides is 1. The number of thioether (sulfide) groups is 1. The number of nitrogens with one attached hydrogen (secondary N) is 1. The molecule has 4 rings (SSSR count). The highest BCUT2D eigenvalue weighted by atomic mass is 32.2. The summed E-state index contributed by atoms with van der Waals surface area (Å²) in [5.74, 6) is 1.22. The smallest absolute Gasteiger partial charge is 0.211 e. The molecule has 2 aromatic rings. The predicted molar refractivity (Wildman–Crippen MR) is 131 cm³/mol. The maximum atomic E-state index is 12.7. The summed E-state index contributed by atoms with van der Waals surface area (Å²) in [4.78, 5) is 0.354. The molecule has 2 aromatic carbocycles. The normalized spacial score (nSPS) is 18.7. The Morgan fingerprint density at radius 3 is 2.19 bits per heavy atom. The molecule has 0 atom stereocenters. The van der Waals surface area contributed by atoms with Crippen LogP contribution in [0.15, 0.2) is 53.4 Å².